The SMILES string of the molecule is Cc1ccc(-c2cnc(CCC(=O)NCc3cccc(C(=O)N4CCCCC4)c3)o2)cc1. The number of amides is 2. The normalized spacial score (nSPS) is 13.7. The number of aromatic nitrogens is 1. The molecule has 1 aliphatic rings. The first-order valence-corrected chi connectivity index (χ1v) is 11.2. The van der Waals surface area contributed by atoms with Gasteiger partial charge in [-0.25, -0.2) is 4.98 Å². The minimum atomic E-state index is -0.0761. The Morgan fingerprint density at radius 1 is 1.06 bits per heavy atom. The minimum absolute atomic E-state index is 0.0751. The molecule has 6 nitrogen and oxygen atoms in total. The topological polar surface area (TPSA) is 75.4 Å². The smallest absolute Gasteiger partial charge is 0.253 e. The van der Waals surface area contributed by atoms with Crippen LogP contribution < -0.4 is 5.32 Å². The second kappa shape index (κ2) is 10.3. The van der Waals surface area contributed by atoms with Gasteiger partial charge in [0.15, 0.2) is 11.7 Å². The van der Waals surface area contributed by atoms with Crippen molar-refractivity contribution in [1.82, 2.24) is 15.2 Å². The van der Waals surface area contributed by atoms with Gasteiger partial charge in [-0.3, -0.25) is 9.59 Å². The number of likely N-dealkylation sites (tertiary alicyclic amines) is 1. The van der Waals surface area contributed by atoms with Crippen LogP contribution >= 0.6 is 0 Å². The van der Waals surface area contributed by atoms with Crippen LogP contribution in [0.25, 0.3) is 11.3 Å². The number of hydrogen-bond acceptors (Lipinski definition) is 4. The molecule has 0 bridgehead atoms. The number of benzene rings is 2. The molecule has 2 amide bonds. The lowest BCUT2D eigenvalue weighted by molar-refractivity contribution is -0.121. The molecule has 4 rings (SSSR count). The van der Waals surface area contributed by atoms with E-state index in [1.807, 2.05) is 60.4 Å². The van der Waals surface area contributed by atoms with Crippen LogP contribution in [0.2, 0.25) is 0 Å². The second-order valence-electron chi connectivity index (χ2n) is 8.31. The molecule has 6 heteroatoms. The molecule has 0 aliphatic carbocycles. The van der Waals surface area contributed by atoms with Crippen LogP contribution in [0.15, 0.2) is 59.1 Å². The standard InChI is InChI=1S/C26H29N3O3/c1-19-8-10-21(11-9-19)23-18-28-25(32-23)13-12-24(30)27-17-20-6-5-7-22(16-20)26(31)29-14-3-2-4-15-29/h5-11,16,18H,2-4,12-15,17H2,1H3,(H,27,30). The van der Waals surface area contributed by atoms with E-state index in [1.165, 1.54) is 12.0 Å². The average Bonchev–Trinajstić information content (AvgIpc) is 3.31. The number of carbonyl (C=O) groups is 2. The van der Waals surface area contributed by atoms with Crippen LogP contribution in [0.4, 0.5) is 0 Å². The number of carbonyl (C=O) groups excluding carboxylic acids is 2. The predicted octanol–water partition coefficient (Wildman–Crippen LogP) is 4.53. The number of rotatable bonds is 7. The Morgan fingerprint density at radius 2 is 1.84 bits per heavy atom. The maximum absolute atomic E-state index is 12.7. The summed E-state index contributed by atoms with van der Waals surface area (Å²) in [5.41, 5.74) is 3.76. The maximum Gasteiger partial charge on any atom is 0.253 e. The molecular formula is C26H29N3O3. The van der Waals surface area contributed by atoms with Gasteiger partial charge in [0.1, 0.15) is 0 Å². The van der Waals surface area contributed by atoms with E-state index in [2.05, 4.69) is 10.3 Å². The van der Waals surface area contributed by atoms with Crippen molar-refractivity contribution < 1.29 is 14.0 Å². The quantitative estimate of drug-likeness (QED) is 0.597. The van der Waals surface area contributed by atoms with E-state index in [1.54, 1.807) is 6.20 Å². The lowest BCUT2D eigenvalue weighted by Crippen LogP contribution is -2.35. The van der Waals surface area contributed by atoms with Crippen molar-refractivity contribution in [1.29, 1.82) is 0 Å². The molecule has 0 radical (unpaired) electrons. The largest absolute Gasteiger partial charge is 0.441 e. The summed E-state index contributed by atoms with van der Waals surface area (Å²) < 4.78 is 5.79. The summed E-state index contributed by atoms with van der Waals surface area (Å²) in [6, 6.07) is 15.6. The van der Waals surface area contributed by atoms with Gasteiger partial charge >= 0.3 is 0 Å². The Labute approximate surface area is 188 Å². The van der Waals surface area contributed by atoms with Gasteiger partial charge < -0.3 is 14.6 Å². The predicted molar refractivity (Wildman–Crippen MR) is 123 cm³/mol. The van der Waals surface area contributed by atoms with Crippen molar-refractivity contribution >= 4 is 11.8 Å². The van der Waals surface area contributed by atoms with Gasteiger partial charge in [0.25, 0.3) is 5.91 Å². The summed E-state index contributed by atoms with van der Waals surface area (Å²) in [5, 5.41) is 2.93. The molecule has 1 aromatic heterocycles. The zero-order chi connectivity index (χ0) is 22.3. The monoisotopic (exact) mass is 431 g/mol. The highest BCUT2D eigenvalue weighted by Crippen LogP contribution is 2.21. The first kappa shape index (κ1) is 21.8. The van der Waals surface area contributed by atoms with E-state index in [4.69, 9.17) is 4.42 Å². The molecule has 1 fully saturated rings. The highest BCUT2D eigenvalue weighted by atomic mass is 16.4. The molecule has 1 aliphatic heterocycles. The zero-order valence-corrected chi connectivity index (χ0v) is 18.5. The number of piperidine rings is 1. The van der Waals surface area contributed by atoms with Gasteiger partial charge in [-0.15, -0.1) is 0 Å². The first-order valence-electron chi connectivity index (χ1n) is 11.2. The molecule has 2 aromatic carbocycles. The third kappa shape index (κ3) is 5.63. The molecule has 166 valence electrons. The molecule has 2 heterocycles. The molecule has 3 aromatic rings. The number of nitrogens with one attached hydrogen (secondary N) is 1. The van der Waals surface area contributed by atoms with Gasteiger partial charge in [0.05, 0.1) is 6.20 Å². The van der Waals surface area contributed by atoms with Crippen molar-refractivity contribution in [3.05, 3.63) is 77.3 Å². The minimum Gasteiger partial charge on any atom is -0.441 e. The van der Waals surface area contributed by atoms with E-state index in [9.17, 15) is 9.59 Å². The molecule has 0 atom stereocenters. The van der Waals surface area contributed by atoms with E-state index in [-0.39, 0.29) is 11.8 Å². The van der Waals surface area contributed by atoms with Crippen molar-refractivity contribution in [3.63, 3.8) is 0 Å². The van der Waals surface area contributed by atoms with E-state index in [0.29, 0.717) is 36.6 Å². The van der Waals surface area contributed by atoms with Crippen LogP contribution in [0.3, 0.4) is 0 Å². The molecule has 1 N–H and O–H groups in total. The lowest BCUT2D eigenvalue weighted by atomic mass is 10.1. The van der Waals surface area contributed by atoms with Crippen LogP contribution in [0, 0.1) is 6.92 Å². The lowest BCUT2D eigenvalue weighted by Gasteiger charge is -2.26. The maximum atomic E-state index is 12.7. The molecule has 0 saturated carbocycles. The Morgan fingerprint density at radius 3 is 2.62 bits per heavy atom. The average molecular weight is 432 g/mol. The molecule has 1 saturated heterocycles. The van der Waals surface area contributed by atoms with Crippen molar-refractivity contribution in [2.45, 2.75) is 45.6 Å². The number of oxazole rings is 1. The summed E-state index contributed by atoms with van der Waals surface area (Å²) in [4.78, 5) is 31.2. The van der Waals surface area contributed by atoms with E-state index >= 15 is 0 Å². The van der Waals surface area contributed by atoms with E-state index < -0.39 is 0 Å². The molecular weight excluding hydrogens is 402 g/mol. The van der Waals surface area contributed by atoms with Gasteiger partial charge in [0.2, 0.25) is 5.91 Å². The Hall–Kier alpha value is -3.41. The third-order valence-corrected chi connectivity index (χ3v) is 5.76. The fourth-order valence-electron chi connectivity index (χ4n) is 3.88. The number of aryl methyl sites for hydroxylation is 2. The van der Waals surface area contributed by atoms with Crippen LogP contribution in [0.1, 0.15) is 53.1 Å². The molecule has 0 spiro atoms. The number of nitrogens with zero attached hydrogens (tertiary/aromatic N) is 2. The first-order chi connectivity index (χ1) is 15.6. The Balaban J connectivity index is 1.26. The summed E-state index contributed by atoms with van der Waals surface area (Å²) in [5.74, 6) is 1.25. The summed E-state index contributed by atoms with van der Waals surface area (Å²) in [6.45, 7) is 4.08. The van der Waals surface area contributed by atoms with E-state index in [0.717, 1.165) is 37.1 Å². The van der Waals surface area contributed by atoms with Gasteiger partial charge in [-0.05, 0) is 43.9 Å². The van der Waals surface area contributed by atoms with Crippen molar-refractivity contribution in [3.8, 4) is 11.3 Å². The van der Waals surface area contributed by atoms with Crippen LogP contribution in [0.5, 0.6) is 0 Å². The highest BCUT2D eigenvalue weighted by molar-refractivity contribution is 5.94. The fraction of sp³-hybridized carbons (Fsp3) is 0.346. The van der Waals surface area contributed by atoms with Crippen LogP contribution in [-0.2, 0) is 17.8 Å². The van der Waals surface area contributed by atoms with Gasteiger partial charge in [0, 0.05) is 43.6 Å². The zero-order valence-electron chi connectivity index (χ0n) is 18.5. The number of hydrogen-bond donors (Lipinski definition) is 1. The molecule has 0 unspecified atom stereocenters. The van der Waals surface area contributed by atoms with Crippen molar-refractivity contribution in [2.75, 3.05) is 13.1 Å². The summed E-state index contributed by atoms with van der Waals surface area (Å²) in [7, 11) is 0. The second-order valence-corrected chi connectivity index (χ2v) is 8.31. The molecule has 32 heavy (non-hydrogen) atoms. The third-order valence-electron chi connectivity index (χ3n) is 5.76. The van der Waals surface area contributed by atoms with Crippen molar-refractivity contribution in [2.24, 2.45) is 0 Å². The fourth-order valence-corrected chi connectivity index (χ4v) is 3.88. The van der Waals surface area contributed by atoms with Gasteiger partial charge in [-0.1, -0.05) is 42.0 Å². The highest BCUT2D eigenvalue weighted by Gasteiger charge is 2.18. The summed E-state index contributed by atoms with van der Waals surface area (Å²) >= 11 is 0. The summed E-state index contributed by atoms with van der Waals surface area (Å²) in [6.07, 6.45) is 5.75. The van der Waals surface area contributed by atoms with Crippen LogP contribution in [-0.4, -0.2) is 34.8 Å². The Kier molecular flexibility index (Phi) is 7.00. The van der Waals surface area contributed by atoms with Gasteiger partial charge in [-0.2, -0.15) is 0 Å². The Bertz CT molecular complexity index is 1070.